The van der Waals surface area contributed by atoms with Crippen LogP contribution < -0.4 is 5.56 Å². The van der Waals surface area contributed by atoms with Gasteiger partial charge in [0.05, 0.1) is 7.11 Å². The lowest BCUT2D eigenvalue weighted by Gasteiger charge is -2.00. The number of carbonyl (C=O) groups excluding carboxylic acids is 1. The van der Waals surface area contributed by atoms with Gasteiger partial charge in [0.1, 0.15) is 6.54 Å². The Kier molecular flexibility index (Phi) is 2.57. The summed E-state index contributed by atoms with van der Waals surface area (Å²) in [6.45, 7) is -0.143. The summed E-state index contributed by atoms with van der Waals surface area (Å²) in [5.41, 5.74) is -0.317. The summed E-state index contributed by atoms with van der Waals surface area (Å²) in [5.74, 6) is -0.490. The number of rotatable bonds is 2. The van der Waals surface area contributed by atoms with E-state index in [1.807, 2.05) is 0 Å². The lowest BCUT2D eigenvalue weighted by molar-refractivity contribution is -0.141. The van der Waals surface area contributed by atoms with E-state index in [0.717, 1.165) is 4.68 Å². The first kappa shape index (κ1) is 8.45. The van der Waals surface area contributed by atoms with Crippen molar-refractivity contribution in [2.75, 3.05) is 7.11 Å². The minimum absolute atomic E-state index is 0.143. The molecule has 0 N–H and O–H groups in total. The van der Waals surface area contributed by atoms with Gasteiger partial charge in [-0.25, -0.2) is 4.68 Å². The SMILES string of the molecule is COC(=O)Cn1ncccc1=O. The summed E-state index contributed by atoms with van der Waals surface area (Å²) in [5, 5.41) is 3.67. The Balaban J connectivity index is 2.83. The van der Waals surface area contributed by atoms with Crippen molar-refractivity contribution in [1.82, 2.24) is 9.78 Å². The van der Waals surface area contributed by atoms with Crippen molar-refractivity contribution in [3.63, 3.8) is 0 Å². The monoisotopic (exact) mass is 168 g/mol. The van der Waals surface area contributed by atoms with Crippen LogP contribution in [0.1, 0.15) is 0 Å². The minimum atomic E-state index is -0.490. The Morgan fingerprint density at radius 2 is 2.50 bits per heavy atom. The van der Waals surface area contributed by atoms with Crippen LogP contribution in [0.15, 0.2) is 23.1 Å². The minimum Gasteiger partial charge on any atom is -0.468 e. The molecule has 1 heterocycles. The van der Waals surface area contributed by atoms with Crippen molar-refractivity contribution in [2.45, 2.75) is 6.54 Å². The maximum atomic E-state index is 11.0. The summed E-state index contributed by atoms with van der Waals surface area (Å²) in [7, 11) is 1.26. The van der Waals surface area contributed by atoms with Crippen LogP contribution in [0.3, 0.4) is 0 Å². The molecule has 12 heavy (non-hydrogen) atoms. The number of hydrogen-bond acceptors (Lipinski definition) is 4. The highest BCUT2D eigenvalue weighted by Gasteiger charge is 2.02. The molecule has 5 nitrogen and oxygen atoms in total. The van der Waals surface area contributed by atoms with Crippen LogP contribution in [0.2, 0.25) is 0 Å². The van der Waals surface area contributed by atoms with Crippen molar-refractivity contribution in [1.29, 1.82) is 0 Å². The number of methoxy groups -OCH3 is 1. The van der Waals surface area contributed by atoms with Crippen LogP contribution in [0.5, 0.6) is 0 Å². The Labute approximate surface area is 68.6 Å². The van der Waals surface area contributed by atoms with E-state index in [9.17, 15) is 9.59 Å². The molecule has 0 aliphatic heterocycles. The molecule has 0 aromatic carbocycles. The van der Waals surface area contributed by atoms with Gasteiger partial charge in [-0.2, -0.15) is 5.10 Å². The van der Waals surface area contributed by atoms with Gasteiger partial charge in [0, 0.05) is 12.3 Å². The smallest absolute Gasteiger partial charge is 0.327 e. The number of carbonyl (C=O) groups is 1. The van der Waals surface area contributed by atoms with Crippen LogP contribution in [0.25, 0.3) is 0 Å². The molecule has 0 spiro atoms. The molecular weight excluding hydrogens is 160 g/mol. The first-order chi connectivity index (χ1) is 5.74. The fourth-order valence-corrected chi connectivity index (χ4v) is 0.693. The average Bonchev–Trinajstić information content (AvgIpc) is 2.09. The van der Waals surface area contributed by atoms with E-state index in [1.165, 1.54) is 25.4 Å². The molecule has 0 fully saturated rings. The predicted octanol–water partition coefficient (Wildman–Crippen LogP) is -0.584. The maximum Gasteiger partial charge on any atom is 0.327 e. The van der Waals surface area contributed by atoms with E-state index in [4.69, 9.17) is 0 Å². The number of esters is 1. The normalized spacial score (nSPS) is 9.42. The molecule has 64 valence electrons. The molecule has 5 heteroatoms. The molecule has 0 atom stereocenters. The molecular formula is C7H8N2O3. The van der Waals surface area contributed by atoms with E-state index in [0.29, 0.717) is 0 Å². The van der Waals surface area contributed by atoms with Crippen molar-refractivity contribution >= 4 is 5.97 Å². The van der Waals surface area contributed by atoms with Crippen LogP contribution in [0, 0.1) is 0 Å². The van der Waals surface area contributed by atoms with Gasteiger partial charge in [0.15, 0.2) is 0 Å². The van der Waals surface area contributed by atoms with E-state index in [2.05, 4.69) is 9.84 Å². The fraction of sp³-hybridized carbons (Fsp3) is 0.286. The molecule has 0 bridgehead atoms. The fourth-order valence-electron chi connectivity index (χ4n) is 0.693. The van der Waals surface area contributed by atoms with E-state index >= 15 is 0 Å². The Morgan fingerprint density at radius 3 is 3.08 bits per heavy atom. The largest absolute Gasteiger partial charge is 0.468 e. The van der Waals surface area contributed by atoms with Gasteiger partial charge in [-0.05, 0) is 6.07 Å². The molecule has 1 aromatic heterocycles. The van der Waals surface area contributed by atoms with Crippen molar-refractivity contribution < 1.29 is 9.53 Å². The molecule has 0 aliphatic carbocycles. The van der Waals surface area contributed by atoms with Crippen molar-refractivity contribution in [3.8, 4) is 0 Å². The van der Waals surface area contributed by atoms with Crippen molar-refractivity contribution in [2.24, 2.45) is 0 Å². The molecule has 0 saturated carbocycles. The van der Waals surface area contributed by atoms with Gasteiger partial charge in [-0.3, -0.25) is 9.59 Å². The van der Waals surface area contributed by atoms with Gasteiger partial charge in [0.2, 0.25) is 0 Å². The zero-order chi connectivity index (χ0) is 8.97. The maximum absolute atomic E-state index is 11.0. The number of nitrogens with zero attached hydrogens (tertiary/aromatic N) is 2. The molecule has 1 rings (SSSR count). The molecule has 0 aliphatic rings. The second-order valence-electron chi connectivity index (χ2n) is 2.10. The molecule has 0 unspecified atom stereocenters. The third kappa shape index (κ3) is 1.91. The van der Waals surface area contributed by atoms with Gasteiger partial charge in [0.25, 0.3) is 5.56 Å². The van der Waals surface area contributed by atoms with Crippen LogP contribution in [0.4, 0.5) is 0 Å². The topological polar surface area (TPSA) is 61.2 Å². The van der Waals surface area contributed by atoms with E-state index < -0.39 is 5.97 Å². The second-order valence-corrected chi connectivity index (χ2v) is 2.10. The summed E-state index contributed by atoms with van der Waals surface area (Å²) < 4.78 is 5.40. The lowest BCUT2D eigenvalue weighted by atomic mass is 10.5. The van der Waals surface area contributed by atoms with E-state index in [-0.39, 0.29) is 12.1 Å². The van der Waals surface area contributed by atoms with Crippen molar-refractivity contribution in [3.05, 3.63) is 28.7 Å². The summed E-state index contributed by atoms with van der Waals surface area (Å²) in [6, 6.07) is 2.84. The Morgan fingerprint density at radius 1 is 1.75 bits per heavy atom. The van der Waals surface area contributed by atoms with Gasteiger partial charge < -0.3 is 4.74 Å². The summed E-state index contributed by atoms with van der Waals surface area (Å²) in [6.07, 6.45) is 1.43. The zero-order valence-corrected chi connectivity index (χ0v) is 6.56. The standard InChI is InChI=1S/C7H8N2O3/c1-12-7(11)5-9-6(10)3-2-4-8-9/h2-4H,5H2,1H3. The highest BCUT2D eigenvalue weighted by Crippen LogP contribution is 1.79. The van der Waals surface area contributed by atoms with Crippen LogP contribution in [-0.4, -0.2) is 22.9 Å². The summed E-state index contributed by atoms with van der Waals surface area (Å²) in [4.78, 5) is 21.7. The van der Waals surface area contributed by atoms with Crippen LogP contribution >= 0.6 is 0 Å². The number of aromatic nitrogens is 2. The van der Waals surface area contributed by atoms with Gasteiger partial charge in [-0.1, -0.05) is 0 Å². The third-order valence-electron chi connectivity index (χ3n) is 1.29. The van der Waals surface area contributed by atoms with Gasteiger partial charge in [-0.15, -0.1) is 0 Å². The first-order valence-electron chi connectivity index (χ1n) is 3.33. The summed E-state index contributed by atoms with van der Waals surface area (Å²) >= 11 is 0. The second kappa shape index (κ2) is 3.66. The molecule has 0 radical (unpaired) electrons. The zero-order valence-electron chi connectivity index (χ0n) is 6.56. The Bertz CT molecular complexity index is 331. The first-order valence-corrected chi connectivity index (χ1v) is 3.33. The molecule has 0 saturated heterocycles. The quantitative estimate of drug-likeness (QED) is 0.554. The average molecular weight is 168 g/mol. The van der Waals surface area contributed by atoms with Crippen LogP contribution in [-0.2, 0) is 16.1 Å². The number of ether oxygens (including phenoxy) is 1. The highest BCUT2D eigenvalue weighted by atomic mass is 16.5. The lowest BCUT2D eigenvalue weighted by Crippen LogP contribution is -2.25. The molecule has 0 amide bonds. The molecule has 1 aromatic rings. The predicted molar refractivity (Wildman–Crippen MR) is 40.5 cm³/mol. The van der Waals surface area contributed by atoms with Gasteiger partial charge >= 0.3 is 5.97 Å². The Hall–Kier alpha value is -1.65. The highest BCUT2D eigenvalue weighted by molar-refractivity contribution is 5.68. The van der Waals surface area contributed by atoms with E-state index in [1.54, 1.807) is 0 Å². The number of hydrogen-bond donors (Lipinski definition) is 0. The third-order valence-corrected chi connectivity index (χ3v) is 1.29.